The molecule has 0 radical (unpaired) electrons. The van der Waals surface area contributed by atoms with Crippen molar-refractivity contribution in [2.75, 3.05) is 13.1 Å². The van der Waals surface area contributed by atoms with E-state index in [2.05, 4.69) is 10.5 Å². The molecule has 1 fully saturated rings. The second kappa shape index (κ2) is 7.90. The van der Waals surface area contributed by atoms with Crippen molar-refractivity contribution in [1.82, 2.24) is 15.4 Å². The van der Waals surface area contributed by atoms with E-state index in [1.54, 1.807) is 0 Å². The molecule has 0 bridgehead atoms. The maximum atomic E-state index is 13.2. The average molecular weight is 365 g/mol. The molecule has 2 aromatic carbocycles. The lowest BCUT2D eigenvalue weighted by atomic mass is 9.97. The van der Waals surface area contributed by atoms with Crippen LogP contribution in [0.5, 0.6) is 0 Å². The zero-order valence-corrected chi connectivity index (χ0v) is 15.0. The topological polar surface area (TPSA) is 78.6 Å². The molecule has 0 spiro atoms. The van der Waals surface area contributed by atoms with Crippen LogP contribution in [0.25, 0.3) is 11.1 Å². The van der Waals surface area contributed by atoms with Gasteiger partial charge in [0.1, 0.15) is 11.6 Å². The molecule has 0 unspecified atom stereocenters. The largest absolute Gasteiger partial charge is 0.438 e. The minimum atomic E-state index is -0.345. The Kier molecular flexibility index (Phi) is 5.18. The minimum Gasteiger partial charge on any atom is -0.438 e. The molecule has 6 heteroatoms. The van der Waals surface area contributed by atoms with Gasteiger partial charge in [-0.2, -0.15) is 0 Å². The van der Waals surface area contributed by atoms with Crippen LogP contribution >= 0.6 is 0 Å². The molecular formula is C21H23N3O3. The van der Waals surface area contributed by atoms with Crippen LogP contribution in [0.2, 0.25) is 0 Å². The van der Waals surface area contributed by atoms with Crippen LogP contribution in [0.4, 0.5) is 0 Å². The van der Waals surface area contributed by atoms with Crippen LogP contribution in [0, 0.1) is 5.92 Å². The molecule has 1 saturated heterocycles. The summed E-state index contributed by atoms with van der Waals surface area (Å²) in [7, 11) is 0. The number of nitrogens with one attached hydrogen (secondary N) is 1. The molecule has 2 N–H and O–H groups in total. The number of amides is 1. The highest BCUT2D eigenvalue weighted by Gasteiger charge is 2.36. The predicted octanol–water partition coefficient (Wildman–Crippen LogP) is 3.33. The molecular weight excluding hydrogens is 342 g/mol. The molecule has 1 aliphatic rings. The third kappa shape index (κ3) is 3.72. The van der Waals surface area contributed by atoms with Crippen LogP contribution in [0.3, 0.4) is 0 Å². The Hall–Kier alpha value is -2.70. The number of benzene rings is 2. The number of nitrogens with zero attached hydrogens (tertiary/aromatic N) is 2. The van der Waals surface area contributed by atoms with Crippen LogP contribution < -0.4 is 5.48 Å². The molecule has 2 heterocycles. The second-order valence-electron chi connectivity index (χ2n) is 6.96. The van der Waals surface area contributed by atoms with E-state index in [-0.39, 0.29) is 24.4 Å². The van der Waals surface area contributed by atoms with Gasteiger partial charge in [0.2, 0.25) is 11.8 Å². The second-order valence-corrected chi connectivity index (χ2v) is 6.96. The highest BCUT2D eigenvalue weighted by Crippen LogP contribution is 2.34. The van der Waals surface area contributed by atoms with E-state index in [4.69, 9.17) is 4.42 Å². The van der Waals surface area contributed by atoms with E-state index in [9.17, 15) is 10.0 Å². The lowest BCUT2D eigenvalue weighted by Crippen LogP contribution is -2.40. The Balaban J connectivity index is 1.56. The lowest BCUT2D eigenvalue weighted by Gasteiger charge is -2.27. The summed E-state index contributed by atoms with van der Waals surface area (Å²) >= 11 is 0. The van der Waals surface area contributed by atoms with Crippen LogP contribution in [-0.2, 0) is 11.2 Å². The summed E-state index contributed by atoms with van der Waals surface area (Å²) in [5, 5.41) is 9.23. The third-order valence-corrected chi connectivity index (χ3v) is 5.14. The highest BCUT2D eigenvalue weighted by molar-refractivity contribution is 5.80. The Morgan fingerprint density at radius 2 is 2.00 bits per heavy atom. The van der Waals surface area contributed by atoms with Crippen LogP contribution in [0.1, 0.15) is 30.3 Å². The van der Waals surface area contributed by atoms with Crippen LogP contribution in [-0.4, -0.2) is 34.1 Å². The molecule has 1 amide bonds. The van der Waals surface area contributed by atoms with Gasteiger partial charge in [-0.25, -0.2) is 10.5 Å². The number of oxazole rings is 1. The van der Waals surface area contributed by atoms with Crippen molar-refractivity contribution in [3.8, 4) is 0 Å². The number of rotatable bonds is 6. The van der Waals surface area contributed by atoms with Gasteiger partial charge in [-0.3, -0.25) is 4.79 Å². The van der Waals surface area contributed by atoms with Crippen molar-refractivity contribution in [3.05, 3.63) is 66.1 Å². The van der Waals surface area contributed by atoms with Crippen molar-refractivity contribution < 1.29 is 14.4 Å². The number of carbonyl (C=O) groups is 1. The first-order chi connectivity index (χ1) is 13.3. The fourth-order valence-corrected chi connectivity index (χ4v) is 3.81. The van der Waals surface area contributed by atoms with Crippen molar-refractivity contribution in [2.45, 2.75) is 25.3 Å². The molecule has 1 aromatic heterocycles. The highest BCUT2D eigenvalue weighted by atomic mass is 16.5. The first-order valence-corrected chi connectivity index (χ1v) is 9.33. The molecule has 140 valence electrons. The lowest BCUT2D eigenvalue weighted by molar-refractivity contribution is -0.137. The number of para-hydroxylation sites is 2. The third-order valence-electron chi connectivity index (χ3n) is 5.14. The summed E-state index contributed by atoms with van der Waals surface area (Å²) in [6.45, 7) is 0.892. The SMILES string of the molecule is O=C([C@@H](CNO)Cc1ccccc1)N1CCC[C@H]1c1nc2ccccc2o1. The molecule has 0 aliphatic carbocycles. The van der Waals surface area contributed by atoms with E-state index in [1.807, 2.05) is 59.5 Å². The van der Waals surface area contributed by atoms with Gasteiger partial charge in [-0.1, -0.05) is 42.5 Å². The molecule has 4 rings (SSSR count). The van der Waals surface area contributed by atoms with Crippen molar-refractivity contribution in [3.63, 3.8) is 0 Å². The van der Waals surface area contributed by atoms with E-state index in [1.165, 1.54) is 0 Å². The number of carbonyl (C=O) groups excluding carboxylic acids is 1. The summed E-state index contributed by atoms with van der Waals surface area (Å²) in [6.07, 6.45) is 2.33. The zero-order valence-electron chi connectivity index (χ0n) is 15.0. The van der Waals surface area contributed by atoms with Gasteiger partial charge < -0.3 is 14.5 Å². The number of hydroxylamine groups is 1. The van der Waals surface area contributed by atoms with Gasteiger partial charge in [0, 0.05) is 13.1 Å². The number of fused-ring (bicyclic) bond motifs is 1. The molecule has 1 aliphatic heterocycles. The van der Waals surface area contributed by atoms with Gasteiger partial charge >= 0.3 is 0 Å². The van der Waals surface area contributed by atoms with Crippen molar-refractivity contribution in [2.24, 2.45) is 5.92 Å². The van der Waals surface area contributed by atoms with E-state index < -0.39 is 0 Å². The van der Waals surface area contributed by atoms with Gasteiger partial charge in [0.05, 0.1) is 5.92 Å². The zero-order chi connectivity index (χ0) is 18.6. The van der Waals surface area contributed by atoms with Gasteiger partial charge in [-0.15, -0.1) is 0 Å². The normalized spacial score (nSPS) is 18.1. The quantitative estimate of drug-likeness (QED) is 0.655. The summed E-state index contributed by atoms with van der Waals surface area (Å²) < 4.78 is 5.92. The summed E-state index contributed by atoms with van der Waals surface area (Å²) in [4.78, 5) is 19.7. The fraction of sp³-hybridized carbons (Fsp3) is 0.333. The van der Waals surface area contributed by atoms with E-state index in [0.29, 0.717) is 18.9 Å². The number of aromatic nitrogens is 1. The maximum Gasteiger partial charge on any atom is 0.228 e. The Morgan fingerprint density at radius 3 is 2.78 bits per heavy atom. The Bertz CT molecular complexity index is 876. The summed E-state index contributed by atoms with van der Waals surface area (Å²) in [5.74, 6) is 0.269. The molecule has 6 nitrogen and oxygen atoms in total. The number of hydrogen-bond acceptors (Lipinski definition) is 5. The minimum absolute atomic E-state index is 0.0187. The predicted molar refractivity (Wildman–Crippen MR) is 101 cm³/mol. The van der Waals surface area contributed by atoms with Crippen LogP contribution in [0.15, 0.2) is 59.0 Å². The fourth-order valence-electron chi connectivity index (χ4n) is 3.81. The Morgan fingerprint density at radius 1 is 1.22 bits per heavy atom. The first-order valence-electron chi connectivity index (χ1n) is 9.33. The maximum absolute atomic E-state index is 13.2. The van der Waals surface area contributed by atoms with Gasteiger partial charge in [0.15, 0.2) is 5.58 Å². The molecule has 3 aromatic rings. The van der Waals surface area contributed by atoms with E-state index >= 15 is 0 Å². The standard InChI is InChI=1S/C21H23N3O3/c25-21(16(14-22-26)13-15-7-2-1-3-8-15)24-12-6-10-18(24)20-23-17-9-4-5-11-19(17)27-20/h1-5,7-9,11,16,18,22,26H,6,10,12-14H2/t16-,18+/m1/s1. The average Bonchev–Trinajstić information content (AvgIpc) is 3.34. The molecule has 27 heavy (non-hydrogen) atoms. The summed E-state index contributed by atoms with van der Waals surface area (Å²) in [6, 6.07) is 17.4. The van der Waals surface area contributed by atoms with Crippen molar-refractivity contribution >= 4 is 17.0 Å². The molecule has 2 atom stereocenters. The number of likely N-dealkylation sites (tertiary alicyclic amines) is 1. The van der Waals surface area contributed by atoms with Crippen molar-refractivity contribution in [1.29, 1.82) is 0 Å². The Labute approximate surface area is 157 Å². The number of hydrogen-bond donors (Lipinski definition) is 2. The first kappa shape index (κ1) is 17.7. The summed E-state index contributed by atoms with van der Waals surface area (Å²) in [5.41, 5.74) is 4.81. The molecule has 0 saturated carbocycles. The van der Waals surface area contributed by atoms with Gasteiger partial charge in [0.25, 0.3) is 0 Å². The van der Waals surface area contributed by atoms with E-state index in [0.717, 1.165) is 29.5 Å². The smallest absolute Gasteiger partial charge is 0.228 e. The monoisotopic (exact) mass is 365 g/mol. The van der Waals surface area contributed by atoms with Gasteiger partial charge in [-0.05, 0) is 37.0 Å².